The standard InChI is InChI=1S/C21H21N3O2/c1-22-11-13-23(14-12-22)21(26)20(25)19-18(16-7-3-2-4-8-16)15-17-9-5-6-10-24(17)19/h2-10,15H,11-14H2,1H3/p+1. The summed E-state index contributed by atoms with van der Waals surface area (Å²) in [7, 11) is 2.11. The maximum absolute atomic E-state index is 13.2. The fraction of sp³-hybridized carbons (Fsp3) is 0.238. The molecular formula is C21H22N3O2+. The molecule has 26 heavy (non-hydrogen) atoms. The van der Waals surface area contributed by atoms with Crippen LogP contribution in [0, 0.1) is 0 Å². The number of hydrogen-bond donors (Lipinski definition) is 1. The fourth-order valence-electron chi connectivity index (χ4n) is 3.53. The van der Waals surface area contributed by atoms with Crippen LogP contribution in [0.25, 0.3) is 16.6 Å². The van der Waals surface area contributed by atoms with Crippen molar-refractivity contribution in [3.05, 3.63) is 66.5 Å². The van der Waals surface area contributed by atoms with Crippen molar-refractivity contribution in [1.29, 1.82) is 0 Å². The Bertz CT molecular complexity index is 954. The van der Waals surface area contributed by atoms with Gasteiger partial charge in [-0.05, 0) is 23.8 Å². The average molecular weight is 348 g/mol. The zero-order valence-electron chi connectivity index (χ0n) is 14.8. The third kappa shape index (κ3) is 2.91. The molecular weight excluding hydrogens is 326 g/mol. The normalized spacial score (nSPS) is 15.3. The van der Waals surface area contributed by atoms with Crippen LogP contribution >= 0.6 is 0 Å². The molecule has 3 aromatic rings. The van der Waals surface area contributed by atoms with Gasteiger partial charge in [0, 0.05) is 17.3 Å². The second-order valence-electron chi connectivity index (χ2n) is 6.85. The predicted octanol–water partition coefficient (Wildman–Crippen LogP) is 1.15. The van der Waals surface area contributed by atoms with Gasteiger partial charge < -0.3 is 14.2 Å². The van der Waals surface area contributed by atoms with E-state index in [-0.39, 0.29) is 0 Å². The third-order valence-electron chi connectivity index (χ3n) is 5.08. The van der Waals surface area contributed by atoms with E-state index in [2.05, 4.69) is 7.05 Å². The van der Waals surface area contributed by atoms with Crippen LogP contribution in [0.4, 0.5) is 0 Å². The monoisotopic (exact) mass is 348 g/mol. The lowest BCUT2D eigenvalue weighted by Gasteiger charge is -2.29. The Kier molecular flexibility index (Phi) is 4.31. The number of amides is 1. The van der Waals surface area contributed by atoms with Crippen LogP contribution in [0.15, 0.2) is 60.8 Å². The van der Waals surface area contributed by atoms with E-state index in [1.54, 1.807) is 4.90 Å². The number of hydrogen-bond acceptors (Lipinski definition) is 2. The number of ketones is 1. The number of aromatic nitrogens is 1. The quantitative estimate of drug-likeness (QED) is 0.570. The number of rotatable bonds is 3. The zero-order chi connectivity index (χ0) is 18.1. The van der Waals surface area contributed by atoms with Crippen LogP contribution < -0.4 is 4.90 Å². The molecule has 1 amide bonds. The molecule has 0 unspecified atom stereocenters. The van der Waals surface area contributed by atoms with Gasteiger partial charge in [-0.15, -0.1) is 0 Å². The molecule has 1 N–H and O–H groups in total. The number of nitrogens with zero attached hydrogens (tertiary/aromatic N) is 2. The first-order chi connectivity index (χ1) is 12.6. The SMILES string of the molecule is C[NH+]1CCN(C(=O)C(=O)c2c(-c3ccccc3)cc3ccccn23)CC1. The Balaban J connectivity index is 1.77. The molecule has 3 heterocycles. The third-order valence-corrected chi connectivity index (χ3v) is 5.08. The lowest BCUT2D eigenvalue weighted by atomic mass is 10.0. The van der Waals surface area contributed by atoms with E-state index in [0.29, 0.717) is 18.8 Å². The van der Waals surface area contributed by atoms with Gasteiger partial charge in [-0.25, -0.2) is 0 Å². The largest absolute Gasteiger partial charge is 0.334 e. The van der Waals surface area contributed by atoms with Crippen LogP contribution in [-0.4, -0.2) is 54.2 Å². The van der Waals surface area contributed by atoms with Gasteiger partial charge in [0.1, 0.15) is 5.69 Å². The maximum atomic E-state index is 13.2. The molecule has 2 aromatic heterocycles. The second-order valence-corrected chi connectivity index (χ2v) is 6.85. The molecule has 1 aliphatic rings. The van der Waals surface area contributed by atoms with E-state index < -0.39 is 11.7 Å². The number of carbonyl (C=O) groups is 2. The number of pyridine rings is 1. The molecule has 4 rings (SSSR count). The first-order valence-corrected chi connectivity index (χ1v) is 8.95. The van der Waals surface area contributed by atoms with E-state index in [1.807, 2.05) is 65.2 Å². The molecule has 0 radical (unpaired) electrons. The zero-order valence-corrected chi connectivity index (χ0v) is 14.8. The fourth-order valence-corrected chi connectivity index (χ4v) is 3.53. The van der Waals surface area contributed by atoms with Crippen LogP contribution in [-0.2, 0) is 4.79 Å². The van der Waals surface area contributed by atoms with E-state index in [9.17, 15) is 9.59 Å². The topological polar surface area (TPSA) is 46.2 Å². The number of piperazine rings is 1. The van der Waals surface area contributed by atoms with E-state index in [1.165, 1.54) is 4.90 Å². The van der Waals surface area contributed by atoms with Gasteiger partial charge in [-0.1, -0.05) is 36.4 Å². The van der Waals surface area contributed by atoms with Gasteiger partial charge in [0.15, 0.2) is 0 Å². The Labute approximate surface area is 152 Å². The summed E-state index contributed by atoms with van der Waals surface area (Å²) in [5.41, 5.74) is 3.10. The molecule has 1 saturated heterocycles. The summed E-state index contributed by atoms with van der Waals surface area (Å²) < 4.78 is 1.82. The molecule has 1 aromatic carbocycles. The van der Waals surface area contributed by atoms with E-state index in [0.717, 1.165) is 29.7 Å². The minimum atomic E-state index is -0.436. The summed E-state index contributed by atoms with van der Waals surface area (Å²) in [6.45, 7) is 3.00. The smallest absolute Gasteiger partial charge is 0.297 e. The van der Waals surface area contributed by atoms with E-state index >= 15 is 0 Å². The molecule has 0 spiro atoms. The van der Waals surface area contributed by atoms with Crippen LogP contribution in [0.5, 0.6) is 0 Å². The summed E-state index contributed by atoms with van der Waals surface area (Å²) in [6, 6.07) is 17.5. The van der Waals surface area contributed by atoms with Gasteiger partial charge >= 0.3 is 0 Å². The number of fused-ring (bicyclic) bond motifs is 1. The van der Waals surface area contributed by atoms with Crippen molar-refractivity contribution < 1.29 is 14.5 Å². The highest BCUT2D eigenvalue weighted by atomic mass is 16.2. The molecule has 1 aliphatic heterocycles. The summed E-state index contributed by atoms with van der Waals surface area (Å²) in [6.07, 6.45) is 1.84. The van der Waals surface area contributed by atoms with Gasteiger partial charge in [-0.2, -0.15) is 0 Å². The summed E-state index contributed by atoms with van der Waals surface area (Å²) >= 11 is 0. The highest BCUT2D eigenvalue weighted by molar-refractivity contribution is 6.43. The summed E-state index contributed by atoms with van der Waals surface area (Å²) in [5, 5.41) is 0. The number of nitrogens with one attached hydrogen (secondary N) is 1. The van der Waals surface area contributed by atoms with Crippen molar-refractivity contribution in [3.63, 3.8) is 0 Å². The molecule has 1 fully saturated rings. The van der Waals surface area contributed by atoms with Crippen LogP contribution in [0.2, 0.25) is 0 Å². The molecule has 0 saturated carbocycles. The van der Waals surface area contributed by atoms with Gasteiger partial charge in [0.2, 0.25) is 0 Å². The second kappa shape index (κ2) is 6.77. The van der Waals surface area contributed by atoms with Crippen molar-refractivity contribution >= 4 is 17.2 Å². The lowest BCUT2D eigenvalue weighted by Crippen LogP contribution is -3.12. The molecule has 0 atom stereocenters. The number of quaternary nitrogens is 1. The van der Waals surface area contributed by atoms with E-state index in [4.69, 9.17) is 0 Å². The lowest BCUT2D eigenvalue weighted by molar-refractivity contribution is -0.883. The molecule has 5 nitrogen and oxygen atoms in total. The molecule has 0 aliphatic carbocycles. The first-order valence-electron chi connectivity index (χ1n) is 8.95. The molecule has 5 heteroatoms. The van der Waals surface area contributed by atoms with Crippen molar-refractivity contribution in [1.82, 2.24) is 9.30 Å². The highest BCUT2D eigenvalue weighted by Crippen LogP contribution is 2.28. The van der Waals surface area contributed by atoms with Crippen molar-refractivity contribution in [2.75, 3.05) is 33.2 Å². The van der Waals surface area contributed by atoms with Crippen molar-refractivity contribution in [3.8, 4) is 11.1 Å². The Hall–Kier alpha value is -2.92. The minimum Gasteiger partial charge on any atom is -0.334 e. The van der Waals surface area contributed by atoms with Gasteiger partial charge in [0.25, 0.3) is 11.7 Å². The van der Waals surface area contributed by atoms with Gasteiger partial charge in [0.05, 0.1) is 33.2 Å². The van der Waals surface area contributed by atoms with Crippen LogP contribution in [0.1, 0.15) is 10.5 Å². The highest BCUT2D eigenvalue weighted by Gasteiger charge is 2.30. The summed E-state index contributed by atoms with van der Waals surface area (Å²) in [5.74, 6) is -0.840. The average Bonchev–Trinajstić information content (AvgIpc) is 3.08. The molecule has 0 bridgehead atoms. The number of Topliss-reactive ketones (excluding diaryl/α,β-unsaturated/α-hetero) is 1. The van der Waals surface area contributed by atoms with Crippen LogP contribution in [0.3, 0.4) is 0 Å². The Morgan fingerprint density at radius 3 is 2.38 bits per heavy atom. The van der Waals surface area contributed by atoms with Crippen molar-refractivity contribution in [2.45, 2.75) is 0 Å². The van der Waals surface area contributed by atoms with Gasteiger partial charge in [-0.3, -0.25) is 9.59 Å². The number of likely N-dealkylation sites (N-methyl/N-ethyl adjacent to an activating group) is 1. The Morgan fingerprint density at radius 1 is 0.962 bits per heavy atom. The number of benzene rings is 1. The number of carbonyl (C=O) groups excluding carboxylic acids is 2. The molecule has 132 valence electrons. The van der Waals surface area contributed by atoms with Crippen molar-refractivity contribution in [2.24, 2.45) is 0 Å². The summed E-state index contributed by atoms with van der Waals surface area (Å²) in [4.78, 5) is 29.1. The Morgan fingerprint density at radius 2 is 1.65 bits per heavy atom. The maximum Gasteiger partial charge on any atom is 0.297 e. The predicted molar refractivity (Wildman–Crippen MR) is 100 cm³/mol. The first kappa shape index (κ1) is 16.5. The minimum absolute atomic E-state index is 0.404.